The van der Waals surface area contributed by atoms with Gasteiger partial charge in [0.05, 0.1) is 7.11 Å². The summed E-state index contributed by atoms with van der Waals surface area (Å²) in [4.78, 5) is 39.4. The Balaban J connectivity index is 2.10. The largest absolute Gasteiger partial charge is 0.497 e. The maximum absolute atomic E-state index is 12.8. The van der Waals surface area contributed by atoms with Crippen molar-refractivity contribution in [2.75, 3.05) is 26.7 Å². The van der Waals surface area contributed by atoms with Gasteiger partial charge in [0, 0.05) is 31.2 Å². The van der Waals surface area contributed by atoms with Crippen molar-refractivity contribution in [3.63, 3.8) is 0 Å². The van der Waals surface area contributed by atoms with Gasteiger partial charge in [-0.1, -0.05) is 6.07 Å². The molecule has 1 aromatic carbocycles. The van der Waals surface area contributed by atoms with Crippen molar-refractivity contribution < 1.29 is 19.1 Å². The number of rotatable bonds is 7. The van der Waals surface area contributed by atoms with Crippen LogP contribution in [0.5, 0.6) is 5.75 Å². The van der Waals surface area contributed by atoms with E-state index >= 15 is 0 Å². The van der Waals surface area contributed by atoms with Gasteiger partial charge in [0.15, 0.2) is 0 Å². The number of carbonyl (C=O) groups is 3. The molecule has 1 aromatic rings. The van der Waals surface area contributed by atoms with Gasteiger partial charge in [-0.05, 0) is 57.7 Å². The number of methoxy groups -OCH3 is 1. The molecule has 8 nitrogen and oxygen atoms in total. The molecule has 2 rings (SSSR count). The molecular formula is C21H32N4O4. The van der Waals surface area contributed by atoms with Crippen molar-refractivity contribution in [1.29, 1.82) is 0 Å². The number of likely N-dealkylation sites (tertiary alicyclic amines) is 1. The van der Waals surface area contributed by atoms with Crippen molar-refractivity contribution in [2.24, 2.45) is 5.92 Å². The number of nitrogens with zero attached hydrogens (tertiary/aromatic N) is 1. The second-order valence-electron chi connectivity index (χ2n) is 7.51. The van der Waals surface area contributed by atoms with Gasteiger partial charge in [0.2, 0.25) is 5.91 Å². The van der Waals surface area contributed by atoms with Gasteiger partial charge in [-0.25, -0.2) is 4.79 Å². The zero-order chi connectivity index (χ0) is 21.4. The number of nitrogens with one attached hydrogen (secondary N) is 3. The molecule has 0 radical (unpaired) electrons. The summed E-state index contributed by atoms with van der Waals surface area (Å²) < 4.78 is 5.18. The van der Waals surface area contributed by atoms with Crippen LogP contribution in [0, 0.1) is 5.92 Å². The molecule has 3 N–H and O–H groups in total. The molecule has 1 saturated heterocycles. The van der Waals surface area contributed by atoms with Gasteiger partial charge in [0.1, 0.15) is 11.8 Å². The van der Waals surface area contributed by atoms with Gasteiger partial charge in [0.25, 0.3) is 5.91 Å². The minimum Gasteiger partial charge on any atom is -0.497 e. The van der Waals surface area contributed by atoms with E-state index in [0.717, 1.165) is 0 Å². The maximum Gasteiger partial charge on any atom is 0.317 e. The fourth-order valence-electron chi connectivity index (χ4n) is 3.46. The third-order valence-corrected chi connectivity index (χ3v) is 4.96. The number of amides is 4. The molecule has 160 valence electrons. The number of carbonyl (C=O) groups excluding carboxylic acids is 3. The van der Waals surface area contributed by atoms with E-state index in [1.54, 1.807) is 36.3 Å². The summed E-state index contributed by atoms with van der Waals surface area (Å²) in [6.45, 7) is 7.33. The van der Waals surface area contributed by atoms with Gasteiger partial charge in [-0.3, -0.25) is 9.59 Å². The Kier molecular flexibility index (Phi) is 8.30. The third kappa shape index (κ3) is 6.37. The highest BCUT2D eigenvalue weighted by Gasteiger charge is 2.34. The van der Waals surface area contributed by atoms with Crippen LogP contribution >= 0.6 is 0 Å². The average Bonchev–Trinajstić information content (AvgIpc) is 2.71. The molecule has 1 fully saturated rings. The molecular weight excluding hydrogens is 372 g/mol. The van der Waals surface area contributed by atoms with E-state index < -0.39 is 6.04 Å². The van der Waals surface area contributed by atoms with Gasteiger partial charge in [-0.15, -0.1) is 0 Å². The van der Waals surface area contributed by atoms with Crippen molar-refractivity contribution in [3.05, 3.63) is 29.8 Å². The smallest absolute Gasteiger partial charge is 0.317 e. The highest BCUT2D eigenvalue weighted by Crippen LogP contribution is 2.22. The van der Waals surface area contributed by atoms with Crippen LogP contribution in [0.3, 0.4) is 0 Å². The summed E-state index contributed by atoms with van der Waals surface area (Å²) in [5, 5.41) is 8.60. The van der Waals surface area contributed by atoms with Crippen LogP contribution in [0.4, 0.5) is 4.79 Å². The molecule has 1 atom stereocenters. The zero-order valence-corrected chi connectivity index (χ0v) is 17.7. The highest BCUT2D eigenvalue weighted by molar-refractivity contribution is 5.98. The maximum atomic E-state index is 12.8. The molecule has 1 aliphatic heterocycles. The fraction of sp³-hybridized carbons (Fsp3) is 0.571. The van der Waals surface area contributed by atoms with E-state index in [4.69, 9.17) is 4.74 Å². The van der Waals surface area contributed by atoms with Crippen molar-refractivity contribution in [2.45, 2.75) is 45.7 Å². The summed E-state index contributed by atoms with van der Waals surface area (Å²) in [7, 11) is 1.54. The number of hydrogen-bond acceptors (Lipinski definition) is 4. The molecule has 0 bridgehead atoms. The van der Waals surface area contributed by atoms with Crippen molar-refractivity contribution in [3.8, 4) is 5.75 Å². The summed E-state index contributed by atoms with van der Waals surface area (Å²) in [5.74, 6) is 0.0109. The van der Waals surface area contributed by atoms with Crippen LogP contribution in [0.2, 0.25) is 0 Å². The third-order valence-electron chi connectivity index (χ3n) is 4.96. The highest BCUT2D eigenvalue weighted by atomic mass is 16.5. The molecule has 1 heterocycles. The first kappa shape index (κ1) is 22.5. The van der Waals surface area contributed by atoms with E-state index in [-0.39, 0.29) is 29.8 Å². The Morgan fingerprint density at radius 2 is 1.86 bits per heavy atom. The lowest BCUT2D eigenvalue weighted by molar-refractivity contribution is -0.125. The number of piperidine rings is 1. The number of benzene rings is 1. The van der Waals surface area contributed by atoms with Crippen LogP contribution in [0.25, 0.3) is 0 Å². The number of ether oxygens (including phenoxy) is 1. The molecule has 0 aliphatic carbocycles. The van der Waals surface area contributed by atoms with Crippen LogP contribution in [-0.4, -0.2) is 61.6 Å². The average molecular weight is 405 g/mol. The van der Waals surface area contributed by atoms with E-state index in [0.29, 0.717) is 43.8 Å². The second kappa shape index (κ2) is 10.7. The summed E-state index contributed by atoms with van der Waals surface area (Å²) in [6.07, 6.45) is 1.29. The molecule has 4 amide bonds. The lowest BCUT2D eigenvalue weighted by atomic mass is 9.88. The summed E-state index contributed by atoms with van der Waals surface area (Å²) >= 11 is 0. The molecule has 0 spiro atoms. The van der Waals surface area contributed by atoms with Crippen molar-refractivity contribution in [1.82, 2.24) is 20.9 Å². The minimum atomic E-state index is -0.660. The normalized spacial score (nSPS) is 15.6. The summed E-state index contributed by atoms with van der Waals surface area (Å²) in [6, 6.07) is 6.05. The van der Waals surface area contributed by atoms with Crippen LogP contribution in [0.1, 0.15) is 44.0 Å². The first-order chi connectivity index (χ1) is 13.8. The van der Waals surface area contributed by atoms with E-state index in [2.05, 4.69) is 16.0 Å². The molecule has 0 aromatic heterocycles. The predicted molar refractivity (Wildman–Crippen MR) is 111 cm³/mol. The Hall–Kier alpha value is -2.77. The molecule has 29 heavy (non-hydrogen) atoms. The van der Waals surface area contributed by atoms with Crippen LogP contribution in [0.15, 0.2) is 24.3 Å². The summed E-state index contributed by atoms with van der Waals surface area (Å²) in [5.41, 5.74) is 0.437. The lowest BCUT2D eigenvalue weighted by Crippen LogP contribution is -2.55. The minimum absolute atomic E-state index is 0.0332. The Morgan fingerprint density at radius 1 is 1.17 bits per heavy atom. The molecule has 8 heteroatoms. The topological polar surface area (TPSA) is 99.8 Å². The Bertz CT molecular complexity index is 714. The Morgan fingerprint density at radius 3 is 2.45 bits per heavy atom. The van der Waals surface area contributed by atoms with Gasteiger partial charge >= 0.3 is 6.03 Å². The Labute approximate surface area is 172 Å². The second-order valence-corrected chi connectivity index (χ2v) is 7.51. The van der Waals surface area contributed by atoms with E-state index in [1.807, 2.05) is 20.8 Å². The lowest BCUT2D eigenvalue weighted by Gasteiger charge is -2.36. The molecule has 0 saturated carbocycles. The zero-order valence-electron chi connectivity index (χ0n) is 17.7. The molecule has 1 aliphatic rings. The first-order valence-electron chi connectivity index (χ1n) is 10.1. The number of urea groups is 1. The van der Waals surface area contributed by atoms with Gasteiger partial charge < -0.3 is 25.6 Å². The van der Waals surface area contributed by atoms with E-state index in [1.165, 1.54) is 0 Å². The predicted octanol–water partition coefficient (Wildman–Crippen LogP) is 1.76. The quantitative estimate of drug-likeness (QED) is 0.645. The van der Waals surface area contributed by atoms with E-state index in [9.17, 15) is 14.4 Å². The standard InChI is InChI=1S/C21H32N4O4/c1-5-22-21(28)25-11-9-15(10-12-25)18(20(27)23-14(2)3)24-19(26)16-7-6-8-17(13-16)29-4/h6-8,13-15,18H,5,9-12H2,1-4H3,(H,22,28)(H,23,27)(H,24,26)/t18-/m1/s1. The van der Waals surface area contributed by atoms with Crippen molar-refractivity contribution >= 4 is 17.8 Å². The monoisotopic (exact) mass is 404 g/mol. The van der Waals surface area contributed by atoms with Crippen LogP contribution in [-0.2, 0) is 4.79 Å². The number of hydrogen-bond donors (Lipinski definition) is 3. The van der Waals surface area contributed by atoms with Crippen LogP contribution < -0.4 is 20.7 Å². The fourth-order valence-corrected chi connectivity index (χ4v) is 3.46. The van der Waals surface area contributed by atoms with Gasteiger partial charge in [-0.2, -0.15) is 0 Å². The SMILES string of the molecule is CCNC(=O)N1CCC([C@@H](NC(=O)c2cccc(OC)c2)C(=O)NC(C)C)CC1. The first-order valence-corrected chi connectivity index (χ1v) is 10.1. The molecule has 0 unspecified atom stereocenters.